The Balaban J connectivity index is 1.90. The molecule has 4 nitrogen and oxygen atoms in total. The van der Waals surface area contributed by atoms with Crippen molar-refractivity contribution in [1.82, 2.24) is 9.62 Å². The lowest BCUT2D eigenvalue weighted by Gasteiger charge is -2.28. The van der Waals surface area contributed by atoms with Crippen molar-refractivity contribution in [2.24, 2.45) is 5.92 Å². The molecule has 0 bridgehead atoms. The molecule has 0 aromatic carbocycles. The molecule has 0 aromatic heterocycles. The number of rotatable bonds is 3. The summed E-state index contributed by atoms with van der Waals surface area (Å²) in [5, 5.41) is 3.29. The quantitative estimate of drug-likeness (QED) is 0.850. The zero-order valence-corrected chi connectivity index (χ0v) is 12.1. The van der Waals surface area contributed by atoms with Gasteiger partial charge in [-0.15, -0.1) is 0 Å². The standard InChI is InChI=1S/C13H26N2O2S/c16-18(17,12-13-6-8-14-9-7-13)15-10-4-2-1-3-5-11-15/h13-14H,1-12H2. The zero-order chi connectivity index (χ0) is 12.8. The minimum atomic E-state index is -3.02. The lowest BCUT2D eigenvalue weighted by molar-refractivity contribution is 0.350. The third kappa shape index (κ3) is 4.21. The summed E-state index contributed by atoms with van der Waals surface area (Å²) in [6, 6.07) is 0. The van der Waals surface area contributed by atoms with E-state index in [0.717, 1.165) is 51.9 Å². The van der Waals surface area contributed by atoms with Crippen LogP contribution in [0.15, 0.2) is 0 Å². The van der Waals surface area contributed by atoms with E-state index in [4.69, 9.17) is 0 Å². The highest BCUT2D eigenvalue weighted by molar-refractivity contribution is 7.89. The smallest absolute Gasteiger partial charge is 0.214 e. The monoisotopic (exact) mass is 274 g/mol. The Hall–Kier alpha value is -0.130. The summed E-state index contributed by atoms with van der Waals surface area (Å²) in [5.74, 6) is 0.732. The van der Waals surface area contributed by atoms with E-state index in [9.17, 15) is 8.42 Å². The Labute approximate surface area is 111 Å². The van der Waals surface area contributed by atoms with Crippen molar-refractivity contribution in [1.29, 1.82) is 0 Å². The molecule has 2 aliphatic rings. The predicted molar refractivity (Wildman–Crippen MR) is 74.0 cm³/mol. The van der Waals surface area contributed by atoms with E-state index in [0.29, 0.717) is 11.7 Å². The van der Waals surface area contributed by atoms with Gasteiger partial charge in [0, 0.05) is 13.1 Å². The van der Waals surface area contributed by atoms with Crippen LogP contribution in [0.25, 0.3) is 0 Å². The van der Waals surface area contributed by atoms with Gasteiger partial charge in [-0.25, -0.2) is 12.7 Å². The van der Waals surface area contributed by atoms with Gasteiger partial charge in [-0.3, -0.25) is 0 Å². The Morgan fingerprint density at radius 2 is 1.50 bits per heavy atom. The normalized spacial score (nSPS) is 25.6. The number of hydrogen-bond donors (Lipinski definition) is 1. The Morgan fingerprint density at radius 3 is 2.11 bits per heavy atom. The molecule has 18 heavy (non-hydrogen) atoms. The topological polar surface area (TPSA) is 49.4 Å². The molecule has 5 heteroatoms. The molecule has 0 amide bonds. The van der Waals surface area contributed by atoms with Crippen molar-refractivity contribution in [3.63, 3.8) is 0 Å². The fourth-order valence-electron chi connectivity index (χ4n) is 2.95. The van der Waals surface area contributed by atoms with E-state index in [-0.39, 0.29) is 0 Å². The first-order valence-corrected chi connectivity index (χ1v) is 8.98. The summed E-state index contributed by atoms with van der Waals surface area (Å²) in [7, 11) is -3.02. The molecule has 106 valence electrons. The average Bonchev–Trinajstić information content (AvgIpc) is 2.28. The molecule has 0 spiro atoms. The molecular weight excluding hydrogens is 248 g/mol. The molecule has 2 heterocycles. The minimum absolute atomic E-state index is 0.363. The van der Waals surface area contributed by atoms with Gasteiger partial charge in [0.15, 0.2) is 0 Å². The second-order valence-electron chi connectivity index (χ2n) is 5.64. The van der Waals surface area contributed by atoms with E-state index in [1.54, 1.807) is 4.31 Å². The Kier molecular flexibility index (Phi) is 5.45. The molecule has 2 aliphatic heterocycles. The molecule has 0 aromatic rings. The summed E-state index contributed by atoms with van der Waals surface area (Å²) in [6.45, 7) is 3.43. The summed E-state index contributed by atoms with van der Waals surface area (Å²) in [4.78, 5) is 0. The van der Waals surface area contributed by atoms with Crippen LogP contribution in [-0.2, 0) is 10.0 Å². The van der Waals surface area contributed by atoms with Crippen molar-refractivity contribution in [2.45, 2.75) is 44.9 Å². The van der Waals surface area contributed by atoms with Crippen molar-refractivity contribution >= 4 is 10.0 Å². The minimum Gasteiger partial charge on any atom is -0.317 e. The highest BCUT2D eigenvalue weighted by Crippen LogP contribution is 2.19. The molecule has 0 aliphatic carbocycles. The molecule has 2 fully saturated rings. The number of piperidine rings is 1. The first-order valence-electron chi connectivity index (χ1n) is 7.37. The van der Waals surface area contributed by atoms with Gasteiger partial charge in [-0.2, -0.15) is 0 Å². The van der Waals surface area contributed by atoms with Gasteiger partial charge in [0.25, 0.3) is 0 Å². The van der Waals surface area contributed by atoms with Crippen LogP contribution in [0.4, 0.5) is 0 Å². The van der Waals surface area contributed by atoms with Crippen LogP contribution in [0.3, 0.4) is 0 Å². The van der Waals surface area contributed by atoms with Crippen LogP contribution in [-0.4, -0.2) is 44.7 Å². The van der Waals surface area contributed by atoms with Gasteiger partial charge in [-0.05, 0) is 44.7 Å². The maximum Gasteiger partial charge on any atom is 0.214 e. The third-order valence-electron chi connectivity index (χ3n) is 4.11. The molecule has 0 unspecified atom stereocenters. The summed E-state index contributed by atoms with van der Waals surface area (Å²) >= 11 is 0. The number of nitrogens with one attached hydrogen (secondary N) is 1. The second kappa shape index (κ2) is 6.87. The average molecular weight is 274 g/mol. The van der Waals surface area contributed by atoms with E-state index in [1.807, 2.05) is 0 Å². The predicted octanol–water partition coefficient (Wildman–Crippen LogP) is 1.58. The number of nitrogens with zero attached hydrogens (tertiary/aromatic N) is 1. The fourth-order valence-corrected chi connectivity index (χ4v) is 4.90. The highest BCUT2D eigenvalue weighted by Gasteiger charge is 2.27. The first-order chi connectivity index (χ1) is 8.68. The lowest BCUT2D eigenvalue weighted by atomic mass is 10.0. The van der Waals surface area contributed by atoms with Gasteiger partial charge < -0.3 is 5.32 Å². The largest absolute Gasteiger partial charge is 0.317 e. The van der Waals surface area contributed by atoms with E-state index >= 15 is 0 Å². The molecule has 1 N–H and O–H groups in total. The van der Waals surface area contributed by atoms with Crippen LogP contribution in [0.5, 0.6) is 0 Å². The second-order valence-corrected chi connectivity index (χ2v) is 7.65. The van der Waals surface area contributed by atoms with Gasteiger partial charge in [0.1, 0.15) is 0 Å². The van der Waals surface area contributed by atoms with Gasteiger partial charge in [-0.1, -0.05) is 19.3 Å². The van der Waals surface area contributed by atoms with Crippen molar-refractivity contribution < 1.29 is 8.42 Å². The molecule has 2 saturated heterocycles. The SMILES string of the molecule is O=S(=O)(CC1CCNCC1)N1CCCCCCC1. The molecule has 2 rings (SSSR count). The van der Waals surface area contributed by atoms with Crippen LogP contribution in [0.1, 0.15) is 44.9 Å². The van der Waals surface area contributed by atoms with Crippen molar-refractivity contribution in [3.8, 4) is 0 Å². The van der Waals surface area contributed by atoms with Crippen LogP contribution in [0, 0.1) is 5.92 Å². The summed E-state index contributed by atoms with van der Waals surface area (Å²) < 4.78 is 26.6. The number of sulfonamides is 1. The molecule has 0 radical (unpaired) electrons. The Bertz CT molecular complexity index is 329. The van der Waals surface area contributed by atoms with Gasteiger partial charge in [0.05, 0.1) is 5.75 Å². The van der Waals surface area contributed by atoms with Crippen LogP contribution < -0.4 is 5.32 Å². The summed E-state index contributed by atoms with van der Waals surface area (Å²) in [5.41, 5.74) is 0. The molecule has 0 saturated carbocycles. The molecular formula is C13H26N2O2S. The van der Waals surface area contributed by atoms with E-state index in [1.165, 1.54) is 19.3 Å². The van der Waals surface area contributed by atoms with E-state index < -0.39 is 10.0 Å². The number of hydrogen-bond acceptors (Lipinski definition) is 3. The maximum atomic E-state index is 12.4. The fraction of sp³-hybridized carbons (Fsp3) is 1.00. The van der Waals surface area contributed by atoms with Crippen LogP contribution >= 0.6 is 0 Å². The van der Waals surface area contributed by atoms with Crippen molar-refractivity contribution in [3.05, 3.63) is 0 Å². The van der Waals surface area contributed by atoms with Crippen LogP contribution in [0.2, 0.25) is 0 Å². The van der Waals surface area contributed by atoms with Gasteiger partial charge in [0.2, 0.25) is 10.0 Å². The van der Waals surface area contributed by atoms with E-state index in [2.05, 4.69) is 5.32 Å². The Morgan fingerprint density at radius 1 is 0.944 bits per heavy atom. The van der Waals surface area contributed by atoms with Crippen molar-refractivity contribution in [2.75, 3.05) is 31.9 Å². The van der Waals surface area contributed by atoms with Gasteiger partial charge >= 0.3 is 0 Å². The summed E-state index contributed by atoms with van der Waals surface area (Å²) in [6.07, 6.45) is 7.71. The highest BCUT2D eigenvalue weighted by atomic mass is 32.2. The third-order valence-corrected chi connectivity index (χ3v) is 6.16. The zero-order valence-electron chi connectivity index (χ0n) is 11.2. The maximum absolute atomic E-state index is 12.4. The molecule has 0 atom stereocenters. The lowest BCUT2D eigenvalue weighted by Crippen LogP contribution is -2.39. The first kappa shape index (κ1) is 14.3.